The highest BCUT2D eigenvalue weighted by atomic mass is 32.1. The van der Waals surface area contributed by atoms with E-state index >= 15 is 0 Å². The lowest BCUT2D eigenvalue weighted by atomic mass is 10.0. The number of amides is 1. The number of rotatable bonds is 8. The molecule has 5 nitrogen and oxygen atoms in total. The fraction of sp³-hybridized carbons (Fsp3) is 0.286. The number of aliphatic carboxylic acids is 1. The van der Waals surface area contributed by atoms with E-state index in [2.05, 4.69) is 16.4 Å². The van der Waals surface area contributed by atoms with Crippen LogP contribution in [0.5, 0.6) is 0 Å². The van der Waals surface area contributed by atoms with Crippen LogP contribution in [0.2, 0.25) is 0 Å². The highest BCUT2D eigenvalue weighted by Gasteiger charge is 2.11. The molecule has 0 saturated carbocycles. The lowest BCUT2D eigenvalue weighted by Crippen LogP contribution is -2.13. The third kappa shape index (κ3) is 5.37. The second kappa shape index (κ2) is 8.77. The van der Waals surface area contributed by atoms with E-state index in [-0.39, 0.29) is 5.91 Å². The number of thiazole rings is 1. The van der Waals surface area contributed by atoms with Crippen LogP contribution in [-0.2, 0) is 22.4 Å². The molecular formula is C21H22N2O3S. The van der Waals surface area contributed by atoms with Crippen molar-refractivity contribution in [3.63, 3.8) is 0 Å². The Morgan fingerprint density at radius 3 is 2.59 bits per heavy atom. The molecule has 1 heterocycles. The minimum Gasteiger partial charge on any atom is -0.481 e. The van der Waals surface area contributed by atoms with Gasteiger partial charge in [-0.3, -0.25) is 9.59 Å². The summed E-state index contributed by atoms with van der Waals surface area (Å²) in [5.41, 5.74) is 2.68. The number of nitrogens with zero attached hydrogens (tertiary/aromatic N) is 1. The van der Waals surface area contributed by atoms with Crippen molar-refractivity contribution in [1.82, 2.24) is 4.98 Å². The summed E-state index contributed by atoms with van der Waals surface area (Å²) in [5, 5.41) is 12.9. The number of aromatic nitrogens is 1. The Bertz CT molecular complexity index is 901. The maximum Gasteiger partial charge on any atom is 0.306 e. The zero-order valence-electron chi connectivity index (χ0n) is 15.1. The largest absolute Gasteiger partial charge is 0.481 e. The van der Waals surface area contributed by atoms with Crippen molar-refractivity contribution in [1.29, 1.82) is 0 Å². The number of carboxylic acid groups (broad SMARTS) is 1. The molecule has 0 aliphatic rings. The molecule has 0 fully saturated rings. The molecule has 2 N–H and O–H groups in total. The van der Waals surface area contributed by atoms with Gasteiger partial charge in [-0.1, -0.05) is 31.2 Å². The predicted octanol–water partition coefficient (Wildman–Crippen LogP) is 4.52. The summed E-state index contributed by atoms with van der Waals surface area (Å²) in [6.45, 7) is 1.68. The van der Waals surface area contributed by atoms with Gasteiger partial charge in [0.1, 0.15) is 0 Å². The molecule has 1 amide bonds. The zero-order chi connectivity index (χ0) is 19.2. The monoisotopic (exact) mass is 382 g/mol. The summed E-state index contributed by atoms with van der Waals surface area (Å²) < 4.78 is 1.18. The minimum atomic E-state index is -0.805. The van der Waals surface area contributed by atoms with Crippen LogP contribution in [0.3, 0.4) is 0 Å². The molecule has 1 atom stereocenters. The Morgan fingerprint density at radius 1 is 1.15 bits per heavy atom. The SMILES string of the molecule is CC(Cc1ccc(NC(=O)CCCc2nc3ccccc3s2)cc1)C(=O)O. The van der Waals surface area contributed by atoms with Gasteiger partial charge in [0.2, 0.25) is 5.91 Å². The molecular weight excluding hydrogens is 360 g/mol. The second-order valence-corrected chi connectivity index (χ2v) is 7.73. The number of carboxylic acids is 1. The third-order valence-electron chi connectivity index (χ3n) is 4.33. The van der Waals surface area contributed by atoms with Crippen LogP contribution >= 0.6 is 11.3 Å². The summed E-state index contributed by atoms with van der Waals surface area (Å²) in [6, 6.07) is 15.4. The van der Waals surface area contributed by atoms with Crippen molar-refractivity contribution in [3.05, 3.63) is 59.1 Å². The standard InChI is InChI=1S/C21H22N2O3S/c1-14(21(25)26)13-15-9-11-16(12-10-15)22-19(24)7-4-8-20-23-17-5-2-3-6-18(17)27-20/h2-3,5-6,9-12,14H,4,7-8,13H2,1H3,(H,22,24)(H,25,26). The predicted molar refractivity (Wildman–Crippen MR) is 108 cm³/mol. The number of benzene rings is 2. The van der Waals surface area contributed by atoms with Crippen LogP contribution in [0, 0.1) is 5.92 Å². The molecule has 27 heavy (non-hydrogen) atoms. The summed E-state index contributed by atoms with van der Waals surface area (Å²) in [4.78, 5) is 27.6. The van der Waals surface area contributed by atoms with Crippen molar-refractivity contribution in [2.24, 2.45) is 5.92 Å². The number of anilines is 1. The Kier molecular flexibility index (Phi) is 6.19. The molecule has 0 bridgehead atoms. The smallest absolute Gasteiger partial charge is 0.306 e. The average Bonchev–Trinajstić information content (AvgIpc) is 3.06. The van der Waals surface area contributed by atoms with Crippen LogP contribution in [0.4, 0.5) is 5.69 Å². The van der Waals surface area contributed by atoms with Crippen LogP contribution in [0.1, 0.15) is 30.3 Å². The molecule has 1 aromatic heterocycles. The van der Waals surface area contributed by atoms with Gasteiger partial charge in [0.15, 0.2) is 0 Å². The second-order valence-electron chi connectivity index (χ2n) is 6.62. The number of nitrogens with one attached hydrogen (secondary N) is 1. The zero-order valence-corrected chi connectivity index (χ0v) is 16.0. The highest BCUT2D eigenvalue weighted by Crippen LogP contribution is 2.23. The first-order valence-electron chi connectivity index (χ1n) is 8.97. The molecule has 3 rings (SSSR count). The first-order chi connectivity index (χ1) is 13.0. The molecule has 2 aromatic carbocycles. The van der Waals surface area contributed by atoms with Crippen molar-refractivity contribution in [3.8, 4) is 0 Å². The van der Waals surface area contributed by atoms with E-state index in [0.717, 1.165) is 34.6 Å². The van der Waals surface area contributed by atoms with E-state index in [9.17, 15) is 9.59 Å². The molecule has 1 unspecified atom stereocenters. The maximum atomic E-state index is 12.1. The van der Waals surface area contributed by atoms with Crippen LogP contribution in [-0.4, -0.2) is 22.0 Å². The third-order valence-corrected chi connectivity index (χ3v) is 5.43. The minimum absolute atomic E-state index is 0.0252. The lowest BCUT2D eigenvalue weighted by Gasteiger charge is -2.08. The van der Waals surface area contributed by atoms with Crippen molar-refractivity contribution < 1.29 is 14.7 Å². The summed E-state index contributed by atoms with van der Waals surface area (Å²) >= 11 is 1.68. The van der Waals surface area contributed by atoms with Gasteiger partial charge in [-0.15, -0.1) is 11.3 Å². The molecule has 0 radical (unpaired) electrons. The number of hydrogen-bond acceptors (Lipinski definition) is 4. The number of hydrogen-bond donors (Lipinski definition) is 2. The fourth-order valence-corrected chi connectivity index (χ4v) is 3.82. The van der Waals surface area contributed by atoms with E-state index in [1.54, 1.807) is 18.3 Å². The van der Waals surface area contributed by atoms with E-state index < -0.39 is 11.9 Å². The molecule has 140 valence electrons. The maximum absolute atomic E-state index is 12.1. The number of carbonyl (C=O) groups excluding carboxylic acids is 1. The van der Waals surface area contributed by atoms with E-state index in [1.165, 1.54) is 4.70 Å². The highest BCUT2D eigenvalue weighted by molar-refractivity contribution is 7.18. The first-order valence-corrected chi connectivity index (χ1v) is 9.79. The van der Waals surface area contributed by atoms with Crippen molar-refractivity contribution in [2.75, 3.05) is 5.32 Å². The average molecular weight is 382 g/mol. The fourth-order valence-electron chi connectivity index (χ4n) is 2.82. The molecule has 3 aromatic rings. The van der Waals surface area contributed by atoms with E-state index in [4.69, 9.17) is 5.11 Å². The lowest BCUT2D eigenvalue weighted by molar-refractivity contribution is -0.141. The van der Waals surface area contributed by atoms with Gasteiger partial charge in [0.05, 0.1) is 21.1 Å². The van der Waals surface area contributed by atoms with Gasteiger partial charge in [-0.25, -0.2) is 4.98 Å². The molecule has 0 saturated heterocycles. The normalized spacial score (nSPS) is 12.0. The number of para-hydroxylation sites is 1. The summed E-state index contributed by atoms with van der Waals surface area (Å²) in [7, 11) is 0. The van der Waals surface area contributed by atoms with Crippen LogP contribution < -0.4 is 5.32 Å². The Morgan fingerprint density at radius 2 is 1.89 bits per heavy atom. The summed E-state index contributed by atoms with van der Waals surface area (Å²) in [6.07, 6.45) is 2.46. The van der Waals surface area contributed by atoms with Crippen LogP contribution in [0.25, 0.3) is 10.2 Å². The Balaban J connectivity index is 1.45. The Labute approximate surface area is 162 Å². The van der Waals surface area contributed by atoms with Crippen LogP contribution in [0.15, 0.2) is 48.5 Å². The number of carbonyl (C=O) groups is 2. The molecule has 6 heteroatoms. The summed E-state index contributed by atoms with van der Waals surface area (Å²) in [5.74, 6) is -1.25. The van der Waals surface area contributed by atoms with Gasteiger partial charge >= 0.3 is 5.97 Å². The van der Waals surface area contributed by atoms with Gasteiger partial charge in [-0.2, -0.15) is 0 Å². The van der Waals surface area contributed by atoms with Gasteiger partial charge < -0.3 is 10.4 Å². The van der Waals surface area contributed by atoms with Crippen molar-refractivity contribution in [2.45, 2.75) is 32.6 Å². The van der Waals surface area contributed by atoms with Gasteiger partial charge in [0.25, 0.3) is 0 Å². The van der Waals surface area contributed by atoms with Crippen molar-refractivity contribution >= 4 is 39.1 Å². The number of fused-ring (bicyclic) bond motifs is 1. The van der Waals surface area contributed by atoms with Gasteiger partial charge in [-0.05, 0) is 49.1 Å². The Hall–Kier alpha value is -2.73. The van der Waals surface area contributed by atoms with E-state index in [1.807, 2.05) is 42.5 Å². The van der Waals surface area contributed by atoms with Gasteiger partial charge in [0, 0.05) is 12.1 Å². The topological polar surface area (TPSA) is 79.3 Å². The number of aryl methyl sites for hydroxylation is 1. The molecule has 0 aliphatic carbocycles. The van der Waals surface area contributed by atoms with E-state index in [0.29, 0.717) is 12.8 Å². The molecule has 0 aliphatic heterocycles. The molecule has 0 spiro atoms. The quantitative estimate of drug-likeness (QED) is 0.600. The first kappa shape index (κ1) is 19.0.